The van der Waals surface area contributed by atoms with E-state index in [1.165, 1.54) is 25.3 Å². The molecule has 1 unspecified atom stereocenters. The fourth-order valence-electron chi connectivity index (χ4n) is 2.79. The van der Waals surface area contributed by atoms with E-state index in [2.05, 4.69) is 6.58 Å². The molecule has 3 rings (SSSR count). The van der Waals surface area contributed by atoms with Gasteiger partial charge in [0, 0.05) is 34.4 Å². The van der Waals surface area contributed by atoms with Crippen molar-refractivity contribution in [2.75, 3.05) is 13.7 Å². The Kier molecular flexibility index (Phi) is 4.14. The smallest absolute Gasteiger partial charge is 0.194 e. The van der Waals surface area contributed by atoms with Crippen LogP contribution in [0.25, 0.3) is 11.1 Å². The van der Waals surface area contributed by atoms with Crippen LogP contribution in [0.2, 0.25) is 0 Å². The van der Waals surface area contributed by atoms with Gasteiger partial charge in [0.15, 0.2) is 5.78 Å². The predicted molar refractivity (Wildman–Crippen MR) is 91.5 cm³/mol. The number of rotatable bonds is 5. The molecule has 25 heavy (non-hydrogen) atoms. The summed E-state index contributed by atoms with van der Waals surface area (Å²) < 4.78 is 10.9. The van der Waals surface area contributed by atoms with Gasteiger partial charge >= 0.3 is 0 Å². The van der Waals surface area contributed by atoms with Gasteiger partial charge in [-0.05, 0) is 24.6 Å². The molecule has 0 saturated carbocycles. The van der Waals surface area contributed by atoms with Crippen LogP contribution >= 0.6 is 0 Å². The van der Waals surface area contributed by atoms with Gasteiger partial charge in [0.2, 0.25) is 0 Å². The van der Waals surface area contributed by atoms with E-state index in [1.54, 1.807) is 13.0 Å². The van der Waals surface area contributed by atoms with Crippen molar-refractivity contribution in [2.45, 2.75) is 13.0 Å². The molecule has 0 radical (unpaired) electrons. The molecule has 6 nitrogen and oxygen atoms in total. The van der Waals surface area contributed by atoms with Crippen molar-refractivity contribution in [1.29, 1.82) is 0 Å². The van der Waals surface area contributed by atoms with Crippen LogP contribution in [-0.2, 0) is 0 Å². The third-order valence-corrected chi connectivity index (χ3v) is 4.11. The first-order chi connectivity index (χ1) is 11.8. The van der Waals surface area contributed by atoms with E-state index in [0.717, 1.165) is 0 Å². The van der Waals surface area contributed by atoms with Crippen molar-refractivity contribution in [1.82, 2.24) is 0 Å². The highest BCUT2D eigenvalue weighted by Crippen LogP contribution is 2.49. The lowest BCUT2D eigenvalue weighted by Gasteiger charge is -2.15. The Hall–Kier alpha value is -2.99. The minimum atomic E-state index is -0.826. The van der Waals surface area contributed by atoms with Gasteiger partial charge in [-0.15, -0.1) is 0 Å². The molecule has 130 valence electrons. The number of ether oxygens (including phenoxy) is 2. The third kappa shape index (κ3) is 2.81. The number of carbonyl (C=O) groups is 1. The van der Waals surface area contributed by atoms with E-state index in [-0.39, 0.29) is 29.5 Å². The summed E-state index contributed by atoms with van der Waals surface area (Å²) >= 11 is 0. The monoisotopic (exact) mass is 342 g/mol. The highest BCUT2D eigenvalue weighted by molar-refractivity contribution is 6.24. The van der Waals surface area contributed by atoms with E-state index in [0.29, 0.717) is 33.8 Å². The van der Waals surface area contributed by atoms with Crippen molar-refractivity contribution < 1.29 is 29.6 Å². The standard InChI is InChI=1S/C19H18O6/c1-9(2)15(22)8-25-11-6-13-18(16(7-11)24-3)17-12(19(13)23)4-10(20)5-14(17)21/h4-7,15,20-22H,1,8H2,2-3H3. The molecule has 0 saturated heterocycles. The van der Waals surface area contributed by atoms with Gasteiger partial charge in [0.1, 0.15) is 35.7 Å². The Bertz CT molecular complexity index is 884. The number of phenols is 2. The number of aliphatic hydroxyl groups is 1. The number of benzene rings is 2. The van der Waals surface area contributed by atoms with Crippen molar-refractivity contribution in [2.24, 2.45) is 0 Å². The topological polar surface area (TPSA) is 96.2 Å². The second-order valence-electron chi connectivity index (χ2n) is 5.94. The molecule has 1 atom stereocenters. The summed E-state index contributed by atoms with van der Waals surface area (Å²) in [5.74, 6) is -0.0456. The molecule has 2 aromatic carbocycles. The number of aliphatic hydroxyl groups excluding tert-OH is 1. The lowest BCUT2D eigenvalue weighted by Crippen LogP contribution is -2.18. The largest absolute Gasteiger partial charge is 0.508 e. The van der Waals surface area contributed by atoms with Crippen molar-refractivity contribution >= 4 is 5.78 Å². The predicted octanol–water partition coefficient (Wildman–Crippen LogP) is 2.63. The third-order valence-electron chi connectivity index (χ3n) is 4.11. The summed E-state index contributed by atoms with van der Waals surface area (Å²) in [6.45, 7) is 5.33. The maximum atomic E-state index is 12.7. The zero-order valence-corrected chi connectivity index (χ0v) is 13.9. The Morgan fingerprint density at radius 2 is 1.84 bits per heavy atom. The second kappa shape index (κ2) is 6.14. The molecule has 0 aliphatic heterocycles. The van der Waals surface area contributed by atoms with Gasteiger partial charge in [-0.25, -0.2) is 0 Å². The summed E-state index contributed by atoms with van der Waals surface area (Å²) in [4.78, 5) is 12.7. The van der Waals surface area contributed by atoms with Crippen LogP contribution in [0.5, 0.6) is 23.0 Å². The number of phenolic OH excluding ortho intramolecular Hbond substituents is 2. The first-order valence-corrected chi connectivity index (χ1v) is 7.62. The summed E-state index contributed by atoms with van der Waals surface area (Å²) in [7, 11) is 1.45. The molecule has 1 aliphatic rings. The molecule has 3 N–H and O–H groups in total. The number of hydrogen-bond donors (Lipinski definition) is 3. The number of methoxy groups -OCH3 is 1. The van der Waals surface area contributed by atoms with Gasteiger partial charge in [0.05, 0.1) is 7.11 Å². The molecule has 1 aliphatic carbocycles. The SMILES string of the molecule is C=C(C)C(O)COc1cc(OC)c2c(c1)C(=O)c1cc(O)cc(O)c1-2. The van der Waals surface area contributed by atoms with Gasteiger partial charge < -0.3 is 24.8 Å². The first-order valence-electron chi connectivity index (χ1n) is 7.62. The maximum absolute atomic E-state index is 12.7. The van der Waals surface area contributed by atoms with E-state index < -0.39 is 6.10 Å². The molecule has 0 spiro atoms. The van der Waals surface area contributed by atoms with E-state index in [9.17, 15) is 20.1 Å². The second-order valence-corrected chi connectivity index (χ2v) is 5.94. The Balaban J connectivity index is 2.07. The van der Waals surface area contributed by atoms with Gasteiger partial charge in [-0.1, -0.05) is 6.58 Å². The normalized spacial score (nSPS) is 13.2. The van der Waals surface area contributed by atoms with Crippen LogP contribution in [0.1, 0.15) is 22.8 Å². The average Bonchev–Trinajstić information content (AvgIpc) is 2.85. The van der Waals surface area contributed by atoms with Gasteiger partial charge in [-0.3, -0.25) is 4.79 Å². The summed E-state index contributed by atoms with van der Waals surface area (Å²) in [5.41, 5.74) is 1.84. The van der Waals surface area contributed by atoms with Crippen LogP contribution in [0.15, 0.2) is 36.4 Å². The number of hydrogen-bond acceptors (Lipinski definition) is 6. The Morgan fingerprint density at radius 3 is 2.48 bits per heavy atom. The fraction of sp³-hybridized carbons (Fsp3) is 0.211. The Morgan fingerprint density at radius 1 is 1.16 bits per heavy atom. The maximum Gasteiger partial charge on any atom is 0.194 e. The number of aromatic hydroxyl groups is 2. The summed E-state index contributed by atoms with van der Waals surface area (Å²) in [6, 6.07) is 5.59. The van der Waals surface area contributed by atoms with Crippen molar-refractivity contribution in [3.8, 4) is 34.1 Å². The minimum Gasteiger partial charge on any atom is -0.508 e. The quantitative estimate of drug-likeness (QED) is 0.617. The van der Waals surface area contributed by atoms with E-state index in [4.69, 9.17) is 9.47 Å². The van der Waals surface area contributed by atoms with Crippen LogP contribution in [-0.4, -0.2) is 40.9 Å². The van der Waals surface area contributed by atoms with Crippen LogP contribution in [0, 0.1) is 0 Å². The fourth-order valence-corrected chi connectivity index (χ4v) is 2.79. The van der Waals surface area contributed by atoms with Crippen molar-refractivity contribution in [3.05, 3.63) is 47.5 Å². The molecule has 6 heteroatoms. The van der Waals surface area contributed by atoms with E-state index in [1.807, 2.05) is 0 Å². The van der Waals surface area contributed by atoms with Gasteiger partial charge in [-0.2, -0.15) is 0 Å². The molecule has 0 fully saturated rings. The first kappa shape index (κ1) is 16.9. The molecule has 0 aromatic heterocycles. The molecule has 0 heterocycles. The lowest BCUT2D eigenvalue weighted by atomic mass is 10.0. The molecule has 0 amide bonds. The van der Waals surface area contributed by atoms with Crippen LogP contribution in [0.3, 0.4) is 0 Å². The Labute approximate surface area is 144 Å². The number of carbonyl (C=O) groups excluding carboxylic acids is 1. The van der Waals surface area contributed by atoms with Gasteiger partial charge in [0.25, 0.3) is 0 Å². The van der Waals surface area contributed by atoms with Crippen LogP contribution < -0.4 is 9.47 Å². The summed E-state index contributed by atoms with van der Waals surface area (Å²) in [5, 5.41) is 29.6. The van der Waals surface area contributed by atoms with E-state index >= 15 is 0 Å². The number of fused-ring (bicyclic) bond motifs is 3. The zero-order valence-electron chi connectivity index (χ0n) is 13.9. The lowest BCUT2D eigenvalue weighted by molar-refractivity contribution is 0.104. The van der Waals surface area contributed by atoms with Crippen LogP contribution in [0.4, 0.5) is 0 Å². The molecular formula is C19H18O6. The average molecular weight is 342 g/mol. The molecular weight excluding hydrogens is 324 g/mol. The molecule has 2 aromatic rings. The van der Waals surface area contributed by atoms with Crippen molar-refractivity contribution in [3.63, 3.8) is 0 Å². The highest BCUT2D eigenvalue weighted by Gasteiger charge is 2.33. The highest BCUT2D eigenvalue weighted by atomic mass is 16.5. The summed E-state index contributed by atoms with van der Waals surface area (Å²) in [6.07, 6.45) is -0.826. The molecule has 0 bridgehead atoms. The number of ketones is 1. The minimum absolute atomic E-state index is 0.00947. The zero-order chi connectivity index (χ0) is 18.3.